The number of hydrogen-bond acceptors (Lipinski definition) is 3. The Balaban J connectivity index is 2.20. The normalized spacial score (nSPS) is 10.4. The van der Waals surface area contributed by atoms with E-state index in [1.807, 2.05) is 32.0 Å². The van der Waals surface area contributed by atoms with E-state index in [4.69, 9.17) is 0 Å². The van der Waals surface area contributed by atoms with E-state index in [0.29, 0.717) is 5.69 Å². The van der Waals surface area contributed by atoms with Crippen LogP contribution in [0.4, 0.5) is 5.69 Å². The fourth-order valence-electron chi connectivity index (χ4n) is 2.22. The molecule has 5 nitrogen and oxygen atoms in total. The van der Waals surface area contributed by atoms with Crippen molar-refractivity contribution in [2.75, 3.05) is 5.32 Å². The first-order valence-electron chi connectivity index (χ1n) is 6.93. The van der Waals surface area contributed by atoms with Crippen LogP contribution in [0, 0.1) is 13.8 Å². The van der Waals surface area contributed by atoms with Gasteiger partial charge in [-0.2, -0.15) is 0 Å². The molecule has 0 radical (unpaired) electrons. The van der Waals surface area contributed by atoms with Gasteiger partial charge in [-0.25, -0.2) is 0 Å². The lowest BCUT2D eigenvalue weighted by Gasteiger charge is -2.13. The van der Waals surface area contributed by atoms with Crippen LogP contribution in [0.15, 0.2) is 35.4 Å². The Morgan fingerprint density at radius 3 is 2.81 bits per heavy atom. The van der Waals surface area contributed by atoms with Crippen LogP contribution >= 0.6 is 0 Å². The molecule has 0 aliphatic rings. The first-order chi connectivity index (χ1) is 10.0. The number of anilines is 1. The molecule has 0 saturated heterocycles. The molecule has 1 aromatic heterocycles. The van der Waals surface area contributed by atoms with Gasteiger partial charge in [-0.05, 0) is 31.4 Å². The van der Waals surface area contributed by atoms with Crippen LogP contribution in [0.1, 0.15) is 23.7 Å². The predicted molar refractivity (Wildman–Crippen MR) is 82.4 cm³/mol. The molecular weight excluding hydrogens is 266 g/mol. The Bertz CT molecular complexity index is 720. The van der Waals surface area contributed by atoms with Crippen LogP contribution in [0.25, 0.3) is 0 Å². The Morgan fingerprint density at radius 1 is 1.33 bits per heavy atom. The highest BCUT2D eigenvalue weighted by Crippen LogP contribution is 2.20. The second-order valence-electron chi connectivity index (χ2n) is 4.96. The second-order valence-corrected chi connectivity index (χ2v) is 4.96. The summed E-state index contributed by atoms with van der Waals surface area (Å²) < 4.78 is 1.36. The molecule has 1 aromatic carbocycles. The number of hydrogen-bond donors (Lipinski definition) is 1. The number of aryl methyl sites for hydroxylation is 3. The average Bonchev–Trinajstić information content (AvgIpc) is 2.46. The Kier molecular flexibility index (Phi) is 4.52. The van der Waals surface area contributed by atoms with E-state index >= 15 is 0 Å². The summed E-state index contributed by atoms with van der Waals surface area (Å²) in [5.74, 6) is -0.216. The highest BCUT2D eigenvalue weighted by Gasteiger charge is 2.10. The summed E-state index contributed by atoms with van der Waals surface area (Å²) in [6.45, 7) is 5.62. The summed E-state index contributed by atoms with van der Waals surface area (Å²) >= 11 is 0. The van der Waals surface area contributed by atoms with Gasteiger partial charge >= 0.3 is 0 Å². The molecule has 1 heterocycles. The Hall–Kier alpha value is -2.43. The molecule has 5 heteroatoms. The number of benzene rings is 1. The zero-order valence-corrected chi connectivity index (χ0v) is 12.5. The topological polar surface area (TPSA) is 64.0 Å². The van der Waals surface area contributed by atoms with E-state index in [1.165, 1.54) is 17.0 Å². The molecule has 21 heavy (non-hydrogen) atoms. The maximum Gasteiger partial charge on any atom is 0.272 e. The van der Waals surface area contributed by atoms with E-state index in [0.717, 1.165) is 23.2 Å². The van der Waals surface area contributed by atoms with Crippen molar-refractivity contribution in [3.63, 3.8) is 0 Å². The molecule has 0 saturated carbocycles. The molecule has 0 fully saturated rings. The van der Waals surface area contributed by atoms with Crippen LogP contribution < -0.4 is 10.9 Å². The minimum atomic E-state index is -0.242. The van der Waals surface area contributed by atoms with E-state index < -0.39 is 0 Å². The number of nitrogens with one attached hydrogen (secondary N) is 1. The lowest BCUT2D eigenvalue weighted by atomic mass is 10.1. The van der Waals surface area contributed by atoms with Crippen LogP contribution in [0.3, 0.4) is 0 Å². The number of para-hydroxylation sites is 1. The fraction of sp³-hybridized carbons (Fsp3) is 0.312. The number of carbonyl (C=O) groups is 1. The standard InChI is InChI=1S/C16H19N3O2/c1-4-13-7-5-6-11(2)15(13)18-14(20)10-19-9-8-17-12(3)16(19)21/h5-9H,4,10H2,1-3H3,(H,18,20). The number of carbonyl (C=O) groups excluding carboxylic acids is 1. The molecule has 0 aliphatic carbocycles. The van der Waals surface area contributed by atoms with Crippen LogP contribution in [-0.4, -0.2) is 15.5 Å². The van der Waals surface area contributed by atoms with Crippen LogP contribution in [0.2, 0.25) is 0 Å². The molecule has 0 atom stereocenters. The van der Waals surface area contributed by atoms with Gasteiger partial charge in [-0.3, -0.25) is 14.6 Å². The maximum atomic E-state index is 12.2. The predicted octanol–water partition coefficient (Wildman–Crippen LogP) is 2.06. The maximum absolute atomic E-state index is 12.2. The van der Waals surface area contributed by atoms with Crippen molar-refractivity contribution in [3.05, 3.63) is 57.8 Å². The van der Waals surface area contributed by atoms with Crippen LogP contribution in [-0.2, 0) is 17.8 Å². The summed E-state index contributed by atoms with van der Waals surface area (Å²) in [6.07, 6.45) is 3.88. The summed E-state index contributed by atoms with van der Waals surface area (Å²) in [5, 5.41) is 2.91. The van der Waals surface area contributed by atoms with Crippen molar-refractivity contribution < 1.29 is 4.79 Å². The average molecular weight is 285 g/mol. The Morgan fingerprint density at radius 2 is 2.10 bits per heavy atom. The number of aromatic nitrogens is 2. The quantitative estimate of drug-likeness (QED) is 0.935. The summed E-state index contributed by atoms with van der Waals surface area (Å²) in [5.41, 5.74) is 3.08. The fourth-order valence-corrected chi connectivity index (χ4v) is 2.22. The first-order valence-corrected chi connectivity index (χ1v) is 6.93. The molecule has 2 aromatic rings. The van der Waals surface area contributed by atoms with Crippen molar-refractivity contribution in [2.45, 2.75) is 33.7 Å². The minimum Gasteiger partial charge on any atom is -0.324 e. The third kappa shape index (κ3) is 3.37. The minimum absolute atomic E-state index is 0.0142. The van der Waals surface area contributed by atoms with Gasteiger partial charge in [0.25, 0.3) is 5.56 Å². The molecule has 110 valence electrons. The smallest absolute Gasteiger partial charge is 0.272 e. The van der Waals surface area contributed by atoms with Crippen molar-refractivity contribution in [1.82, 2.24) is 9.55 Å². The van der Waals surface area contributed by atoms with Crippen molar-refractivity contribution >= 4 is 11.6 Å². The van der Waals surface area contributed by atoms with Crippen LogP contribution in [0.5, 0.6) is 0 Å². The highest BCUT2D eigenvalue weighted by atomic mass is 16.2. The molecular formula is C16H19N3O2. The highest BCUT2D eigenvalue weighted by molar-refractivity contribution is 5.92. The van der Waals surface area contributed by atoms with E-state index in [1.54, 1.807) is 6.92 Å². The van der Waals surface area contributed by atoms with Gasteiger partial charge in [-0.1, -0.05) is 25.1 Å². The first kappa shape index (κ1) is 15.0. The lowest BCUT2D eigenvalue weighted by Crippen LogP contribution is -2.29. The van der Waals surface area contributed by atoms with Gasteiger partial charge in [0.2, 0.25) is 5.91 Å². The Labute approximate surface area is 123 Å². The van der Waals surface area contributed by atoms with E-state index in [-0.39, 0.29) is 18.0 Å². The van der Waals surface area contributed by atoms with Gasteiger partial charge in [-0.15, -0.1) is 0 Å². The van der Waals surface area contributed by atoms with Gasteiger partial charge < -0.3 is 9.88 Å². The molecule has 0 bridgehead atoms. The number of nitrogens with zero attached hydrogens (tertiary/aromatic N) is 2. The zero-order valence-electron chi connectivity index (χ0n) is 12.5. The van der Waals surface area contributed by atoms with Crippen molar-refractivity contribution in [2.24, 2.45) is 0 Å². The van der Waals surface area contributed by atoms with Gasteiger partial charge in [0, 0.05) is 18.1 Å². The molecule has 2 rings (SSSR count). The number of rotatable bonds is 4. The summed E-state index contributed by atoms with van der Waals surface area (Å²) in [6, 6.07) is 5.92. The largest absolute Gasteiger partial charge is 0.324 e. The zero-order chi connectivity index (χ0) is 15.4. The van der Waals surface area contributed by atoms with Gasteiger partial charge in [0.1, 0.15) is 12.2 Å². The van der Waals surface area contributed by atoms with E-state index in [9.17, 15) is 9.59 Å². The third-order valence-electron chi connectivity index (χ3n) is 3.40. The summed E-state index contributed by atoms with van der Waals surface area (Å²) in [7, 11) is 0. The third-order valence-corrected chi connectivity index (χ3v) is 3.40. The second kappa shape index (κ2) is 6.35. The molecule has 1 amide bonds. The lowest BCUT2D eigenvalue weighted by molar-refractivity contribution is -0.116. The summed E-state index contributed by atoms with van der Waals surface area (Å²) in [4.78, 5) is 27.9. The van der Waals surface area contributed by atoms with Gasteiger partial charge in [0.15, 0.2) is 0 Å². The molecule has 0 unspecified atom stereocenters. The molecule has 0 spiro atoms. The van der Waals surface area contributed by atoms with Crippen molar-refractivity contribution in [3.8, 4) is 0 Å². The molecule has 0 aliphatic heterocycles. The SMILES string of the molecule is CCc1cccc(C)c1NC(=O)Cn1ccnc(C)c1=O. The van der Waals surface area contributed by atoms with Gasteiger partial charge in [0.05, 0.1) is 0 Å². The van der Waals surface area contributed by atoms with Crippen molar-refractivity contribution in [1.29, 1.82) is 0 Å². The molecule has 1 N–H and O–H groups in total. The van der Waals surface area contributed by atoms with E-state index in [2.05, 4.69) is 10.3 Å². The monoisotopic (exact) mass is 285 g/mol. The number of amides is 1.